The minimum atomic E-state index is 0.148. The zero-order chi connectivity index (χ0) is 14.3. The molecule has 108 valence electrons. The van der Waals surface area contributed by atoms with Crippen LogP contribution in [0.3, 0.4) is 0 Å². The summed E-state index contributed by atoms with van der Waals surface area (Å²) in [6.45, 7) is 3.71. The predicted octanol–water partition coefficient (Wildman–Crippen LogP) is 1.92. The van der Waals surface area contributed by atoms with Crippen molar-refractivity contribution in [2.75, 3.05) is 34.4 Å². The molecule has 1 unspecified atom stereocenters. The van der Waals surface area contributed by atoms with Gasteiger partial charge in [0, 0.05) is 12.6 Å². The fourth-order valence-corrected chi connectivity index (χ4v) is 1.90. The smallest absolute Gasteiger partial charge is 0.161 e. The minimum Gasteiger partial charge on any atom is -0.493 e. The highest BCUT2D eigenvalue weighted by atomic mass is 16.5. The van der Waals surface area contributed by atoms with E-state index in [1.165, 1.54) is 5.56 Å². The van der Waals surface area contributed by atoms with Gasteiger partial charge in [0.1, 0.15) is 0 Å². The van der Waals surface area contributed by atoms with Gasteiger partial charge in [-0.15, -0.1) is 0 Å². The molecule has 0 aliphatic carbocycles. The van der Waals surface area contributed by atoms with Crippen LogP contribution in [-0.2, 0) is 6.42 Å². The van der Waals surface area contributed by atoms with Gasteiger partial charge in [0.25, 0.3) is 0 Å². The van der Waals surface area contributed by atoms with Gasteiger partial charge in [0.2, 0.25) is 0 Å². The largest absolute Gasteiger partial charge is 0.493 e. The second-order valence-electron chi connectivity index (χ2n) is 5.17. The molecule has 0 heterocycles. The Morgan fingerprint density at radius 2 is 2.00 bits per heavy atom. The summed E-state index contributed by atoms with van der Waals surface area (Å²) in [7, 11) is 5.78. The molecule has 0 aliphatic heterocycles. The van der Waals surface area contributed by atoms with Gasteiger partial charge < -0.3 is 20.1 Å². The van der Waals surface area contributed by atoms with Crippen molar-refractivity contribution in [3.05, 3.63) is 23.8 Å². The maximum Gasteiger partial charge on any atom is 0.161 e. The zero-order valence-electron chi connectivity index (χ0n) is 12.5. The number of hydrogen-bond donors (Lipinski definition) is 1. The van der Waals surface area contributed by atoms with Gasteiger partial charge in [0.15, 0.2) is 11.5 Å². The Balaban J connectivity index is 2.62. The van der Waals surface area contributed by atoms with Crippen molar-refractivity contribution in [1.82, 2.24) is 4.90 Å². The second-order valence-corrected chi connectivity index (χ2v) is 5.17. The molecule has 1 rings (SSSR count). The summed E-state index contributed by atoms with van der Waals surface area (Å²) in [6, 6.07) is 6.15. The normalized spacial score (nSPS) is 12.5. The molecule has 0 saturated heterocycles. The highest BCUT2D eigenvalue weighted by Gasteiger charge is 2.07. The highest BCUT2D eigenvalue weighted by Crippen LogP contribution is 2.28. The quantitative estimate of drug-likeness (QED) is 0.730. The van der Waals surface area contributed by atoms with Crippen LogP contribution in [0.2, 0.25) is 0 Å². The van der Waals surface area contributed by atoms with E-state index in [0.29, 0.717) is 6.61 Å². The lowest BCUT2D eigenvalue weighted by Gasteiger charge is -2.14. The molecule has 0 aliphatic rings. The number of methoxy groups -OCH3 is 1. The van der Waals surface area contributed by atoms with E-state index < -0.39 is 0 Å². The summed E-state index contributed by atoms with van der Waals surface area (Å²) < 4.78 is 11.1. The van der Waals surface area contributed by atoms with Crippen molar-refractivity contribution in [3.63, 3.8) is 0 Å². The van der Waals surface area contributed by atoms with Crippen LogP contribution in [0.4, 0.5) is 0 Å². The number of rotatable bonds is 8. The van der Waals surface area contributed by atoms with Crippen molar-refractivity contribution in [1.29, 1.82) is 0 Å². The molecule has 0 saturated carbocycles. The van der Waals surface area contributed by atoms with Crippen LogP contribution in [0.5, 0.6) is 11.5 Å². The van der Waals surface area contributed by atoms with Gasteiger partial charge >= 0.3 is 0 Å². The first-order valence-corrected chi connectivity index (χ1v) is 6.73. The van der Waals surface area contributed by atoms with Crippen LogP contribution >= 0.6 is 0 Å². The standard InChI is InChI=1S/C15H26N2O2/c1-12(16)10-13-6-7-14(18-4)15(11-13)19-9-5-8-17(2)3/h6-7,11-12H,5,8-10,16H2,1-4H3. The molecule has 0 radical (unpaired) electrons. The topological polar surface area (TPSA) is 47.7 Å². The molecule has 1 aromatic carbocycles. The van der Waals surface area contributed by atoms with Gasteiger partial charge in [0.05, 0.1) is 13.7 Å². The van der Waals surface area contributed by atoms with E-state index in [1.807, 2.05) is 25.1 Å². The van der Waals surface area contributed by atoms with E-state index in [2.05, 4.69) is 19.0 Å². The number of hydrogen-bond acceptors (Lipinski definition) is 4. The lowest BCUT2D eigenvalue weighted by Crippen LogP contribution is -2.18. The van der Waals surface area contributed by atoms with Crippen LogP contribution in [-0.4, -0.2) is 45.3 Å². The summed E-state index contributed by atoms with van der Waals surface area (Å²) in [5.41, 5.74) is 7.00. The third-order valence-electron chi connectivity index (χ3n) is 2.79. The van der Waals surface area contributed by atoms with E-state index in [-0.39, 0.29) is 6.04 Å². The summed E-state index contributed by atoms with van der Waals surface area (Å²) >= 11 is 0. The number of nitrogens with two attached hydrogens (primary N) is 1. The highest BCUT2D eigenvalue weighted by molar-refractivity contribution is 5.43. The lowest BCUT2D eigenvalue weighted by atomic mass is 10.1. The molecule has 2 N–H and O–H groups in total. The van der Waals surface area contributed by atoms with Gasteiger partial charge in [-0.25, -0.2) is 0 Å². The van der Waals surface area contributed by atoms with Gasteiger partial charge in [-0.1, -0.05) is 6.07 Å². The maximum atomic E-state index is 5.82. The Morgan fingerprint density at radius 3 is 2.58 bits per heavy atom. The van der Waals surface area contributed by atoms with E-state index in [4.69, 9.17) is 15.2 Å². The molecule has 0 spiro atoms. The molecule has 1 aromatic rings. The Labute approximate surface area is 116 Å². The fraction of sp³-hybridized carbons (Fsp3) is 0.600. The summed E-state index contributed by atoms with van der Waals surface area (Å²) in [5.74, 6) is 1.58. The Bertz CT molecular complexity index is 378. The van der Waals surface area contributed by atoms with Crippen LogP contribution < -0.4 is 15.2 Å². The van der Waals surface area contributed by atoms with Crippen molar-refractivity contribution in [3.8, 4) is 11.5 Å². The van der Waals surface area contributed by atoms with Crippen molar-refractivity contribution < 1.29 is 9.47 Å². The van der Waals surface area contributed by atoms with E-state index in [1.54, 1.807) is 7.11 Å². The molecule has 0 aromatic heterocycles. The van der Waals surface area contributed by atoms with Crippen molar-refractivity contribution in [2.45, 2.75) is 25.8 Å². The molecule has 19 heavy (non-hydrogen) atoms. The van der Waals surface area contributed by atoms with Crippen LogP contribution in [0.25, 0.3) is 0 Å². The van der Waals surface area contributed by atoms with Crippen molar-refractivity contribution >= 4 is 0 Å². The first-order chi connectivity index (χ1) is 9.02. The third kappa shape index (κ3) is 5.94. The average molecular weight is 266 g/mol. The first-order valence-electron chi connectivity index (χ1n) is 6.73. The first kappa shape index (κ1) is 15.8. The van der Waals surface area contributed by atoms with E-state index >= 15 is 0 Å². The lowest BCUT2D eigenvalue weighted by molar-refractivity contribution is 0.268. The molecular weight excluding hydrogens is 240 g/mol. The molecule has 4 nitrogen and oxygen atoms in total. The second kappa shape index (κ2) is 8.02. The van der Waals surface area contributed by atoms with Crippen molar-refractivity contribution in [2.24, 2.45) is 5.73 Å². The van der Waals surface area contributed by atoms with Crippen LogP contribution in [0, 0.1) is 0 Å². The van der Waals surface area contributed by atoms with E-state index in [0.717, 1.165) is 30.9 Å². The average Bonchev–Trinajstić information content (AvgIpc) is 2.34. The third-order valence-corrected chi connectivity index (χ3v) is 2.79. The summed E-state index contributed by atoms with van der Waals surface area (Å²) in [4.78, 5) is 2.15. The van der Waals surface area contributed by atoms with Crippen LogP contribution in [0.1, 0.15) is 18.9 Å². The van der Waals surface area contributed by atoms with Crippen LogP contribution in [0.15, 0.2) is 18.2 Å². The molecule has 0 fully saturated rings. The molecule has 4 heteroatoms. The maximum absolute atomic E-state index is 5.82. The van der Waals surface area contributed by atoms with Gasteiger partial charge in [-0.3, -0.25) is 0 Å². The number of ether oxygens (including phenoxy) is 2. The zero-order valence-corrected chi connectivity index (χ0v) is 12.5. The Kier molecular flexibility index (Phi) is 6.67. The number of benzene rings is 1. The summed E-state index contributed by atoms with van der Waals surface area (Å²) in [5, 5.41) is 0. The monoisotopic (exact) mass is 266 g/mol. The molecule has 0 amide bonds. The Morgan fingerprint density at radius 1 is 1.26 bits per heavy atom. The van der Waals surface area contributed by atoms with Gasteiger partial charge in [-0.05, 0) is 51.6 Å². The fourth-order valence-electron chi connectivity index (χ4n) is 1.90. The SMILES string of the molecule is COc1ccc(CC(C)N)cc1OCCCN(C)C. The molecule has 1 atom stereocenters. The predicted molar refractivity (Wildman–Crippen MR) is 79.0 cm³/mol. The summed E-state index contributed by atoms with van der Waals surface area (Å²) in [6.07, 6.45) is 1.84. The van der Waals surface area contributed by atoms with Gasteiger partial charge in [-0.2, -0.15) is 0 Å². The van der Waals surface area contributed by atoms with E-state index in [9.17, 15) is 0 Å². The minimum absolute atomic E-state index is 0.148. The molecular formula is C15H26N2O2. The Hall–Kier alpha value is -1.26. The molecule has 0 bridgehead atoms. The number of nitrogens with zero attached hydrogens (tertiary/aromatic N) is 1.